The van der Waals surface area contributed by atoms with Crippen molar-refractivity contribution in [3.8, 4) is 5.75 Å². The van der Waals surface area contributed by atoms with E-state index in [2.05, 4.69) is 5.18 Å². The standard InChI is InChI=1S/C17H25N3O3/c1-2-5-17(21)20-9-4-6-13(11-20)12-23-16-8-3-7-15(18)14(16)10-19-22/h3,7-8,13H,2,4-6,9-12,18H2,1H3. The lowest BCUT2D eigenvalue weighted by molar-refractivity contribution is -0.133. The van der Waals surface area contributed by atoms with E-state index < -0.39 is 0 Å². The van der Waals surface area contributed by atoms with Gasteiger partial charge in [0, 0.05) is 36.7 Å². The average Bonchev–Trinajstić information content (AvgIpc) is 2.56. The number of hydrogen-bond donors (Lipinski definition) is 1. The van der Waals surface area contributed by atoms with Crippen LogP contribution in [0.4, 0.5) is 5.69 Å². The fourth-order valence-electron chi connectivity index (χ4n) is 2.96. The number of nitrogen functional groups attached to an aromatic ring is 1. The van der Waals surface area contributed by atoms with Gasteiger partial charge in [-0.05, 0) is 31.4 Å². The molecule has 0 spiro atoms. The van der Waals surface area contributed by atoms with Gasteiger partial charge >= 0.3 is 0 Å². The molecule has 2 rings (SSSR count). The molecule has 1 atom stereocenters. The highest BCUT2D eigenvalue weighted by Gasteiger charge is 2.23. The number of carbonyl (C=O) groups excluding carboxylic acids is 1. The smallest absolute Gasteiger partial charge is 0.222 e. The van der Waals surface area contributed by atoms with Crippen LogP contribution in [0, 0.1) is 10.8 Å². The van der Waals surface area contributed by atoms with Gasteiger partial charge in [0.2, 0.25) is 5.91 Å². The van der Waals surface area contributed by atoms with Gasteiger partial charge in [0.1, 0.15) is 12.3 Å². The van der Waals surface area contributed by atoms with Crippen molar-refractivity contribution in [3.63, 3.8) is 0 Å². The summed E-state index contributed by atoms with van der Waals surface area (Å²) in [6, 6.07) is 5.34. The molecule has 23 heavy (non-hydrogen) atoms. The number of piperidine rings is 1. The Labute approximate surface area is 137 Å². The Balaban J connectivity index is 1.94. The van der Waals surface area contributed by atoms with Crippen molar-refractivity contribution >= 4 is 11.6 Å². The molecule has 126 valence electrons. The summed E-state index contributed by atoms with van der Waals surface area (Å²) in [5.41, 5.74) is 7.03. The van der Waals surface area contributed by atoms with Gasteiger partial charge < -0.3 is 15.4 Å². The van der Waals surface area contributed by atoms with E-state index in [0.29, 0.717) is 35.9 Å². The van der Waals surface area contributed by atoms with Crippen LogP contribution in [-0.4, -0.2) is 30.5 Å². The maximum Gasteiger partial charge on any atom is 0.222 e. The number of nitrogens with zero attached hydrogens (tertiary/aromatic N) is 2. The highest BCUT2D eigenvalue weighted by molar-refractivity contribution is 5.76. The van der Waals surface area contributed by atoms with Gasteiger partial charge in [-0.2, -0.15) is 4.91 Å². The van der Waals surface area contributed by atoms with Crippen molar-refractivity contribution < 1.29 is 9.53 Å². The Kier molecular flexibility index (Phi) is 6.38. The SMILES string of the molecule is CCCC(=O)N1CCCC(COc2cccc(N)c2CN=O)C1. The van der Waals surface area contributed by atoms with E-state index in [0.717, 1.165) is 32.4 Å². The van der Waals surface area contributed by atoms with Crippen LogP contribution in [0.2, 0.25) is 0 Å². The first-order valence-corrected chi connectivity index (χ1v) is 8.22. The number of amides is 1. The molecule has 0 aliphatic carbocycles. The molecule has 2 N–H and O–H groups in total. The van der Waals surface area contributed by atoms with Gasteiger partial charge in [-0.3, -0.25) is 4.79 Å². The third kappa shape index (κ3) is 4.68. The van der Waals surface area contributed by atoms with Crippen molar-refractivity contribution in [2.75, 3.05) is 25.4 Å². The topological polar surface area (TPSA) is 85.0 Å². The summed E-state index contributed by atoms with van der Waals surface area (Å²) in [6.07, 6.45) is 3.53. The van der Waals surface area contributed by atoms with Gasteiger partial charge in [0.25, 0.3) is 0 Å². The summed E-state index contributed by atoms with van der Waals surface area (Å²) >= 11 is 0. The Bertz CT molecular complexity index is 548. The molecule has 0 radical (unpaired) electrons. The molecule has 1 aromatic carbocycles. The van der Waals surface area contributed by atoms with Crippen LogP contribution in [0.25, 0.3) is 0 Å². The lowest BCUT2D eigenvalue weighted by atomic mass is 9.98. The molecule has 1 fully saturated rings. The van der Waals surface area contributed by atoms with Crippen LogP contribution in [-0.2, 0) is 11.3 Å². The van der Waals surface area contributed by atoms with Crippen LogP contribution < -0.4 is 10.5 Å². The van der Waals surface area contributed by atoms with Crippen LogP contribution >= 0.6 is 0 Å². The fraction of sp³-hybridized carbons (Fsp3) is 0.588. The van der Waals surface area contributed by atoms with Crippen LogP contribution in [0.15, 0.2) is 23.4 Å². The monoisotopic (exact) mass is 319 g/mol. The van der Waals surface area contributed by atoms with Crippen molar-refractivity contribution in [1.29, 1.82) is 0 Å². The lowest BCUT2D eigenvalue weighted by Crippen LogP contribution is -2.41. The van der Waals surface area contributed by atoms with E-state index in [-0.39, 0.29) is 12.5 Å². The van der Waals surface area contributed by atoms with E-state index in [1.807, 2.05) is 11.8 Å². The quantitative estimate of drug-likeness (QED) is 0.618. The van der Waals surface area contributed by atoms with E-state index in [4.69, 9.17) is 10.5 Å². The van der Waals surface area contributed by atoms with E-state index >= 15 is 0 Å². The minimum Gasteiger partial charge on any atom is -0.493 e. The maximum atomic E-state index is 12.0. The zero-order valence-electron chi connectivity index (χ0n) is 13.7. The zero-order valence-corrected chi connectivity index (χ0v) is 13.7. The van der Waals surface area contributed by atoms with E-state index in [1.165, 1.54) is 0 Å². The first kappa shape index (κ1) is 17.2. The summed E-state index contributed by atoms with van der Waals surface area (Å²) in [6.45, 7) is 4.13. The van der Waals surface area contributed by atoms with E-state index in [9.17, 15) is 9.70 Å². The van der Waals surface area contributed by atoms with Crippen molar-refractivity contribution in [3.05, 3.63) is 28.7 Å². The number of ether oxygens (including phenoxy) is 1. The van der Waals surface area contributed by atoms with Gasteiger partial charge in [-0.15, -0.1) is 0 Å². The third-order valence-electron chi connectivity index (χ3n) is 4.20. The van der Waals surface area contributed by atoms with Crippen molar-refractivity contribution in [2.24, 2.45) is 11.1 Å². The summed E-state index contributed by atoms with van der Waals surface area (Å²) in [5.74, 6) is 1.15. The molecule has 1 aliphatic heterocycles. The van der Waals surface area contributed by atoms with Gasteiger partial charge in [-0.25, -0.2) is 0 Å². The predicted molar refractivity (Wildman–Crippen MR) is 90.1 cm³/mol. The Morgan fingerprint density at radius 1 is 1.48 bits per heavy atom. The minimum absolute atomic E-state index is 0.00772. The molecule has 1 aliphatic rings. The van der Waals surface area contributed by atoms with Crippen LogP contribution in [0.1, 0.15) is 38.2 Å². The number of rotatable bonds is 7. The normalized spacial score (nSPS) is 17.8. The zero-order chi connectivity index (χ0) is 16.7. The van der Waals surface area contributed by atoms with E-state index in [1.54, 1.807) is 18.2 Å². The van der Waals surface area contributed by atoms with Crippen LogP contribution in [0.3, 0.4) is 0 Å². The molecule has 0 saturated carbocycles. The largest absolute Gasteiger partial charge is 0.493 e. The first-order chi connectivity index (χ1) is 11.2. The minimum atomic E-state index is 0.00772. The highest BCUT2D eigenvalue weighted by atomic mass is 16.5. The second-order valence-corrected chi connectivity index (χ2v) is 6.02. The number of likely N-dealkylation sites (tertiary alicyclic amines) is 1. The molecule has 6 nitrogen and oxygen atoms in total. The second-order valence-electron chi connectivity index (χ2n) is 6.02. The molecule has 1 saturated heterocycles. The second kappa shape index (κ2) is 8.50. The third-order valence-corrected chi connectivity index (χ3v) is 4.20. The number of nitrogens with two attached hydrogens (primary N) is 1. The van der Waals surface area contributed by atoms with Crippen LogP contribution in [0.5, 0.6) is 5.75 Å². The summed E-state index contributed by atoms with van der Waals surface area (Å²) in [5, 5.41) is 2.92. The number of anilines is 1. The molecule has 6 heteroatoms. The van der Waals surface area contributed by atoms with Gasteiger partial charge in [0.05, 0.1) is 6.61 Å². The van der Waals surface area contributed by atoms with Gasteiger partial charge in [0.15, 0.2) is 0 Å². The summed E-state index contributed by atoms with van der Waals surface area (Å²) in [7, 11) is 0. The van der Waals surface area contributed by atoms with Gasteiger partial charge in [-0.1, -0.05) is 18.2 Å². The van der Waals surface area contributed by atoms with Crippen molar-refractivity contribution in [2.45, 2.75) is 39.2 Å². The number of carbonyl (C=O) groups is 1. The lowest BCUT2D eigenvalue weighted by Gasteiger charge is -2.32. The fourth-order valence-corrected chi connectivity index (χ4v) is 2.96. The number of nitroso groups, excluding NO2 is 1. The Morgan fingerprint density at radius 2 is 2.30 bits per heavy atom. The Hall–Kier alpha value is -2.11. The molecule has 0 bridgehead atoms. The molecule has 1 amide bonds. The molecule has 1 unspecified atom stereocenters. The van der Waals surface area contributed by atoms with Crippen molar-refractivity contribution in [1.82, 2.24) is 4.90 Å². The maximum absolute atomic E-state index is 12.0. The molecule has 1 aromatic rings. The molecule has 1 heterocycles. The molecule has 0 aromatic heterocycles. The number of benzene rings is 1. The first-order valence-electron chi connectivity index (χ1n) is 8.22. The molecular weight excluding hydrogens is 294 g/mol. The Morgan fingerprint density at radius 3 is 3.04 bits per heavy atom. The number of hydrogen-bond acceptors (Lipinski definition) is 5. The summed E-state index contributed by atoms with van der Waals surface area (Å²) < 4.78 is 5.88. The summed E-state index contributed by atoms with van der Waals surface area (Å²) in [4.78, 5) is 24.5. The predicted octanol–water partition coefficient (Wildman–Crippen LogP) is 2.95. The highest BCUT2D eigenvalue weighted by Crippen LogP contribution is 2.27. The average molecular weight is 319 g/mol. The molecular formula is C17H25N3O3.